The van der Waals surface area contributed by atoms with Gasteiger partial charge in [-0.3, -0.25) is 0 Å². The molecule has 0 aromatic carbocycles. The molecule has 17 heavy (non-hydrogen) atoms. The minimum absolute atomic E-state index is 0.0959. The summed E-state index contributed by atoms with van der Waals surface area (Å²) in [5, 5.41) is 13.3. The van der Waals surface area contributed by atoms with Crippen LogP contribution < -0.4 is 16.7 Å². The van der Waals surface area contributed by atoms with Crippen molar-refractivity contribution in [1.29, 1.82) is 0 Å². The maximum Gasteiger partial charge on any atom is 0.364 e. The first-order valence-corrected chi connectivity index (χ1v) is 5.64. The summed E-state index contributed by atoms with van der Waals surface area (Å²) in [5.74, 6) is 0.618. The van der Waals surface area contributed by atoms with Gasteiger partial charge in [-0.05, 0) is 18.6 Å². The number of nitrogens with two attached hydrogens (primary N) is 1. The smallest absolute Gasteiger partial charge is 0.364 e. The van der Waals surface area contributed by atoms with E-state index in [0.29, 0.717) is 18.0 Å². The fraction of sp³-hybridized carbons (Fsp3) is 0.500. The number of anilines is 1. The quantitative estimate of drug-likeness (QED) is 0.676. The van der Waals surface area contributed by atoms with E-state index in [9.17, 15) is 4.79 Å². The van der Waals surface area contributed by atoms with Crippen molar-refractivity contribution in [3.05, 3.63) is 22.6 Å². The molecule has 2 heterocycles. The topological polar surface area (TPSA) is 101 Å². The zero-order chi connectivity index (χ0) is 12.3. The van der Waals surface area contributed by atoms with Crippen molar-refractivity contribution in [2.24, 2.45) is 5.73 Å². The first kappa shape index (κ1) is 11.6. The molecule has 0 saturated carbocycles. The van der Waals surface area contributed by atoms with E-state index >= 15 is 0 Å². The number of aromatic amines is 1. The fourth-order valence-corrected chi connectivity index (χ4v) is 1.61. The molecule has 1 atom stereocenters. The van der Waals surface area contributed by atoms with Crippen LogP contribution >= 0.6 is 0 Å². The number of nitrogens with zero attached hydrogens (tertiary/aromatic N) is 3. The molecule has 0 aliphatic rings. The molecular weight excluding hydrogens is 220 g/mol. The van der Waals surface area contributed by atoms with Gasteiger partial charge >= 0.3 is 5.69 Å². The Morgan fingerprint density at radius 1 is 1.59 bits per heavy atom. The fourth-order valence-electron chi connectivity index (χ4n) is 1.61. The van der Waals surface area contributed by atoms with Crippen molar-refractivity contribution in [3.63, 3.8) is 0 Å². The minimum Gasteiger partial charge on any atom is -0.367 e. The van der Waals surface area contributed by atoms with Gasteiger partial charge in [0.1, 0.15) is 5.82 Å². The number of hydrogen-bond donors (Lipinski definition) is 3. The number of H-pyrrole nitrogens is 1. The van der Waals surface area contributed by atoms with E-state index in [2.05, 4.69) is 27.5 Å². The number of fused-ring (bicyclic) bond motifs is 1. The zero-order valence-electron chi connectivity index (χ0n) is 9.68. The van der Waals surface area contributed by atoms with Crippen LogP contribution in [0.25, 0.3) is 5.65 Å². The summed E-state index contributed by atoms with van der Waals surface area (Å²) in [5.41, 5.74) is 6.03. The molecule has 4 N–H and O–H groups in total. The van der Waals surface area contributed by atoms with Crippen LogP contribution in [0.2, 0.25) is 0 Å². The highest BCUT2D eigenvalue weighted by atomic mass is 16.2. The Balaban J connectivity index is 2.08. The van der Waals surface area contributed by atoms with E-state index in [4.69, 9.17) is 5.73 Å². The molecule has 1 unspecified atom stereocenters. The summed E-state index contributed by atoms with van der Waals surface area (Å²) in [6.07, 6.45) is 2.01. The summed E-state index contributed by atoms with van der Waals surface area (Å²) in [7, 11) is 0. The van der Waals surface area contributed by atoms with E-state index in [1.165, 1.54) is 4.52 Å². The SMILES string of the molecule is CCCC(N)CNc1ccc2n[nH]c(=O)n2n1. The second-order valence-electron chi connectivity index (χ2n) is 3.95. The third-order valence-corrected chi connectivity index (χ3v) is 2.48. The summed E-state index contributed by atoms with van der Waals surface area (Å²) >= 11 is 0. The monoisotopic (exact) mass is 236 g/mol. The van der Waals surface area contributed by atoms with E-state index in [1.807, 2.05) is 0 Å². The van der Waals surface area contributed by atoms with Gasteiger partial charge in [0.05, 0.1) is 0 Å². The Hall–Kier alpha value is -1.89. The minimum atomic E-state index is -0.346. The lowest BCUT2D eigenvalue weighted by molar-refractivity contribution is 0.625. The summed E-state index contributed by atoms with van der Waals surface area (Å²) < 4.78 is 1.22. The van der Waals surface area contributed by atoms with Gasteiger partial charge < -0.3 is 11.1 Å². The Kier molecular flexibility index (Phi) is 3.38. The van der Waals surface area contributed by atoms with Crippen molar-refractivity contribution < 1.29 is 0 Å². The van der Waals surface area contributed by atoms with Crippen LogP contribution in [0.1, 0.15) is 19.8 Å². The van der Waals surface area contributed by atoms with Gasteiger partial charge in [-0.25, -0.2) is 9.89 Å². The maximum atomic E-state index is 11.3. The van der Waals surface area contributed by atoms with Crippen molar-refractivity contribution in [1.82, 2.24) is 19.8 Å². The summed E-state index contributed by atoms with van der Waals surface area (Å²) in [6.45, 7) is 2.73. The van der Waals surface area contributed by atoms with Gasteiger partial charge in [0.15, 0.2) is 5.65 Å². The zero-order valence-corrected chi connectivity index (χ0v) is 9.68. The Labute approximate surface area is 98.0 Å². The lowest BCUT2D eigenvalue weighted by atomic mass is 10.2. The number of nitrogens with one attached hydrogen (secondary N) is 2. The van der Waals surface area contributed by atoms with Gasteiger partial charge in [-0.15, -0.1) is 5.10 Å². The van der Waals surface area contributed by atoms with Crippen LogP contribution in [0.4, 0.5) is 5.82 Å². The van der Waals surface area contributed by atoms with E-state index in [-0.39, 0.29) is 11.7 Å². The standard InChI is InChI=1S/C10H16N6O/c1-2-3-7(11)6-12-8-4-5-9-13-14-10(17)16(9)15-8/h4-5,7H,2-3,6,11H2,1H3,(H,12,15)(H,14,17). The van der Waals surface area contributed by atoms with Crippen LogP contribution in [-0.4, -0.2) is 32.4 Å². The van der Waals surface area contributed by atoms with E-state index < -0.39 is 0 Å². The van der Waals surface area contributed by atoms with Crippen molar-refractivity contribution in [2.45, 2.75) is 25.8 Å². The highest BCUT2D eigenvalue weighted by Crippen LogP contribution is 2.03. The second-order valence-corrected chi connectivity index (χ2v) is 3.95. The molecule has 0 aliphatic heterocycles. The molecule has 2 rings (SSSR count). The van der Waals surface area contributed by atoms with Crippen molar-refractivity contribution in [3.8, 4) is 0 Å². The first-order valence-electron chi connectivity index (χ1n) is 5.64. The predicted octanol–water partition coefficient (Wildman–Crippen LogP) is -0.0431. The summed E-state index contributed by atoms with van der Waals surface area (Å²) in [4.78, 5) is 11.3. The third kappa shape index (κ3) is 2.62. The molecule has 0 amide bonds. The third-order valence-electron chi connectivity index (χ3n) is 2.48. The Morgan fingerprint density at radius 2 is 2.41 bits per heavy atom. The average molecular weight is 236 g/mol. The maximum absolute atomic E-state index is 11.3. The van der Waals surface area contributed by atoms with Gasteiger partial charge in [0, 0.05) is 12.6 Å². The Morgan fingerprint density at radius 3 is 3.18 bits per heavy atom. The molecule has 0 saturated heterocycles. The molecular formula is C10H16N6O. The molecule has 0 bridgehead atoms. The van der Waals surface area contributed by atoms with Gasteiger partial charge in [-0.1, -0.05) is 13.3 Å². The molecule has 0 radical (unpaired) electrons. The van der Waals surface area contributed by atoms with Crippen LogP contribution in [0.15, 0.2) is 16.9 Å². The van der Waals surface area contributed by atoms with Gasteiger partial charge in [-0.2, -0.15) is 9.61 Å². The van der Waals surface area contributed by atoms with Crippen LogP contribution in [-0.2, 0) is 0 Å². The lowest BCUT2D eigenvalue weighted by Gasteiger charge is -2.11. The first-order chi connectivity index (χ1) is 8.20. The Bertz CT molecular complexity index is 545. The molecule has 2 aromatic heterocycles. The second kappa shape index (κ2) is 4.96. The number of aromatic nitrogens is 4. The normalized spacial score (nSPS) is 12.8. The number of rotatable bonds is 5. The molecule has 2 aromatic rings. The average Bonchev–Trinajstić information content (AvgIpc) is 2.69. The molecule has 0 spiro atoms. The van der Waals surface area contributed by atoms with Crippen LogP contribution in [0.5, 0.6) is 0 Å². The van der Waals surface area contributed by atoms with Crippen LogP contribution in [0, 0.1) is 0 Å². The van der Waals surface area contributed by atoms with Crippen molar-refractivity contribution in [2.75, 3.05) is 11.9 Å². The largest absolute Gasteiger partial charge is 0.367 e. The highest BCUT2D eigenvalue weighted by molar-refractivity contribution is 5.42. The van der Waals surface area contributed by atoms with Crippen molar-refractivity contribution >= 4 is 11.5 Å². The molecule has 7 nitrogen and oxygen atoms in total. The van der Waals surface area contributed by atoms with Gasteiger partial charge in [0.25, 0.3) is 0 Å². The highest BCUT2D eigenvalue weighted by Gasteiger charge is 2.04. The lowest BCUT2D eigenvalue weighted by Crippen LogP contribution is -2.29. The molecule has 0 aliphatic carbocycles. The predicted molar refractivity (Wildman–Crippen MR) is 65.0 cm³/mol. The number of hydrogen-bond acceptors (Lipinski definition) is 5. The van der Waals surface area contributed by atoms with Crippen LogP contribution in [0.3, 0.4) is 0 Å². The van der Waals surface area contributed by atoms with E-state index in [0.717, 1.165) is 12.8 Å². The van der Waals surface area contributed by atoms with E-state index in [1.54, 1.807) is 12.1 Å². The van der Waals surface area contributed by atoms with Gasteiger partial charge in [0.2, 0.25) is 0 Å². The summed E-state index contributed by atoms with van der Waals surface area (Å²) in [6, 6.07) is 3.59. The molecule has 0 fully saturated rings. The molecule has 92 valence electrons. The molecule has 7 heteroatoms.